The molecule has 5 N–H and O–H groups in total. The van der Waals surface area contributed by atoms with E-state index >= 15 is 0 Å². The number of carboxylic acid groups (broad SMARTS) is 1. The number of primary amides is 1. The van der Waals surface area contributed by atoms with Crippen LogP contribution in [-0.2, 0) is 38.1 Å². The van der Waals surface area contributed by atoms with Crippen molar-refractivity contribution in [3.8, 4) is 0 Å². The monoisotopic (exact) mass is 620 g/mol. The fourth-order valence-corrected chi connectivity index (χ4v) is 4.78. The van der Waals surface area contributed by atoms with Gasteiger partial charge in [-0.1, -0.05) is 38.2 Å². The summed E-state index contributed by atoms with van der Waals surface area (Å²) < 4.78 is 21.7. The first-order valence-corrected chi connectivity index (χ1v) is 13.9. The number of aliphatic carboxylic acids is 1. The van der Waals surface area contributed by atoms with Crippen molar-refractivity contribution in [1.82, 2.24) is 5.32 Å². The van der Waals surface area contributed by atoms with Gasteiger partial charge >= 0.3 is 6.09 Å². The summed E-state index contributed by atoms with van der Waals surface area (Å²) in [7, 11) is 4.21. The summed E-state index contributed by atoms with van der Waals surface area (Å²) in [5.41, 5.74) is 6.12. The predicted octanol–water partition coefficient (Wildman–Crippen LogP) is 2.50. The van der Waals surface area contributed by atoms with Gasteiger partial charge in [-0.05, 0) is 38.2 Å². The van der Waals surface area contributed by atoms with Crippen LogP contribution in [0.5, 0.6) is 0 Å². The first kappa shape index (κ1) is 38.0. The van der Waals surface area contributed by atoms with E-state index in [1.807, 2.05) is 6.92 Å². The van der Waals surface area contributed by atoms with Crippen molar-refractivity contribution in [3.63, 3.8) is 0 Å². The molecular formula is C31H44N2O11. The minimum atomic E-state index is -1.00. The molecule has 0 saturated heterocycles. The van der Waals surface area contributed by atoms with Gasteiger partial charge in [0.15, 0.2) is 11.9 Å². The van der Waals surface area contributed by atoms with Gasteiger partial charge in [0.2, 0.25) is 11.6 Å². The molecule has 13 nitrogen and oxygen atoms in total. The van der Waals surface area contributed by atoms with Crippen LogP contribution in [0.25, 0.3) is 0 Å². The highest BCUT2D eigenvalue weighted by Crippen LogP contribution is 2.29. The van der Waals surface area contributed by atoms with Gasteiger partial charge in [0.1, 0.15) is 6.10 Å². The third kappa shape index (κ3) is 11.2. The first-order valence-electron chi connectivity index (χ1n) is 13.9. The van der Waals surface area contributed by atoms with Gasteiger partial charge in [-0.25, -0.2) is 4.79 Å². The number of hydrogen-bond acceptors (Lipinski definition) is 10. The number of fused-ring (bicyclic) bond motifs is 2. The van der Waals surface area contributed by atoms with Gasteiger partial charge in [0.05, 0.1) is 25.0 Å². The highest BCUT2D eigenvalue weighted by Gasteiger charge is 2.34. The summed E-state index contributed by atoms with van der Waals surface area (Å²) in [5.74, 6) is -3.22. The Morgan fingerprint density at radius 2 is 1.68 bits per heavy atom. The van der Waals surface area contributed by atoms with Crippen LogP contribution in [0.1, 0.15) is 47.5 Å². The number of nitrogens with one attached hydrogen (secondary N) is 1. The molecule has 2 aliphatic rings. The number of hydrogen-bond donors (Lipinski definition) is 4. The van der Waals surface area contributed by atoms with Crippen molar-refractivity contribution in [2.75, 3.05) is 21.3 Å². The zero-order valence-corrected chi connectivity index (χ0v) is 26.4. The van der Waals surface area contributed by atoms with Crippen molar-refractivity contribution in [1.29, 1.82) is 0 Å². The fraction of sp³-hybridized carbons (Fsp3) is 0.516. The smallest absolute Gasteiger partial charge is 0.405 e. The summed E-state index contributed by atoms with van der Waals surface area (Å²) in [6, 6.07) is 0. The Morgan fingerprint density at radius 3 is 2.20 bits per heavy atom. The lowest BCUT2D eigenvalue weighted by atomic mass is 9.85. The molecule has 0 aromatic rings. The topological polar surface area (TPSA) is 201 Å². The Balaban J connectivity index is 0.00000227. The minimum absolute atomic E-state index is 0.0801. The number of methoxy groups -OCH3 is 3. The number of Topliss-reactive ketones (excluding diaryl/α,β-unsaturated/α-hetero) is 1. The maximum Gasteiger partial charge on any atom is 0.405 e. The van der Waals surface area contributed by atoms with Crippen molar-refractivity contribution in [2.24, 2.45) is 17.6 Å². The van der Waals surface area contributed by atoms with Crippen LogP contribution in [0, 0.1) is 11.8 Å². The summed E-state index contributed by atoms with van der Waals surface area (Å²) in [6.07, 6.45) is 3.61. The van der Waals surface area contributed by atoms with E-state index in [0.29, 0.717) is 12.0 Å². The molecular weight excluding hydrogens is 576 g/mol. The molecule has 1 aliphatic heterocycles. The first-order chi connectivity index (χ1) is 20.6. The number of carboxylic acids is 1. The number of aliphatic hydroxyl groups is 1. The third-order valence-electron chi connectivity index (χ3n) is 6.95. The molecule has 0 fully saturated rings. The van der Waals surface area contributed by atoms with Crippen molar-refractivity contribution in [3.05, 3.63) is 58.6 Å². The third-order valence-corrected chi connectivity index (χ3v) is 6.95. The van der Waals surface area contributed by atoms with E-state index in [1.54, 1.807) is 32.1 Å². The number of allylic oxidation sites excluding steroid dienone is 4. The average Bonchev–Trinajstić information content (AvgIpc) is 2.94. The second kappa shape index (κ2) is 17.9. The largest absolute Gasteiger partial charge is 0.492 e. The second-order valence-electron chi connectivity index (χ2n) is 10.6. The maximum atomic E-state index is 13.3. The molecule has 6 atom stereocenters. The molecule has 244 valence electrons. The van der Waals surface area contributed by atoms with Crippen LogP contribution in [0.4, 0.5) is 4.79 Å². The molecule has 0 spiro atoms. The van der Waals surface area contributed by atoms with Crippen molar-refractivity contribution < 1.29 is 53.1 Å². The average molecular weight is 621 g/mol. The van der Waals surface area contributed by atoms with Gasteiger partial charge < -0.3 is 40.2 Å². The van der Waals surface area contributed by atoms with E-state index in [-0.39, 0.29) is 34.9 Å². The van der Waals surface area contributed by atoms with Gasteiger partial charge in [0, 0.05) is 44.3 Å². The summed E-state index contributed by atoms with van der Waals surface area (Å²) in [5, 5.41) is 21.1. The number of rotatable bonds is 4. The van der Waals surface area contributed by atoms with Gasteiger partial charge in [-0.3, -0.25) is 19.2 Å². The number of nitrogens with two attached hydrogens (primary N) is 1. The number of aliphatic hydroxyl groups excluding tert-OH is 1. The Labute approximate surface area is 257 Å². The molecule has 0 aromatic heterocycles. The zero-order chi connectivity index (χ0) is 33.7. The van der Waals surface area contributed by atoms with E-state index in [1.165, 1.54) is 34.3 Å². The van der Waals surface area contributed by atoms with Gasteiger partial charge in [-0.15, -0.1) is 0 Å². The SMILES string of the molecule is CC(=O)O.COC1=C2C[C@@H](C)C[C@H](OC)[C@H](O)[C@@H](C)/C=C(\C)[C@H](OC(N)=O)[C@@H](OC)/C=C\C=C(/C)C(=O)NC(=CC1=O)C2=O. The van der Waals surface area contributed by atoms with Crippen LogP contribution >= 0.6 is 0 Å². The highest BCUT2D eigenvalue weighted by molar-refractivity contribution is 6.23. The Hall–Kier alpha value is -4.07. The van der Waals surface area contributed by atoms with Gasteiger partial charge in [-0.2, -0.15) is 0 Å². The molecule has 44 heavy (non-hydrogen) atoms. The molecule has 1 aliphatic carbocycles. The van der Waals surface area contributed by atoms with E-state index in [4.69, 9.17) is 34.6 Å². The molecule has 0 unspecified atom stereocenters. The normalized spacial score (nSPS) is 30.3. The van der Waals surface area contributed by atoms with E-state index in [0.717, 1.165) is 13.0 Å². The lowest BCUT2D eigenvalue weighted by molar-refractivity contribution is -0.134. The predicted molar refractivity (Wildman–Crippen MR) is 160 cm³/mol. The maximum absolute atomic E-state index is 13.3. The van der Waals surface area contributed by atoms with Crippen molar-refractivity contribution >= 4 is 29.5 Å². The molecule has 2 amide bonds. The van der Waals surface area contributed by atoms with Crippen molar-refractivity contribution in [2.45, 2.75) is 71.9 Å². The quantitative estimate of drug-likeness (QED) is 0.266. The summed E-state index contributed by atoms with van der Waals surface area (Å²) in [6.45, 7) is 8.00. The molecule has 0 aromatic carbocycles. The highest BCUT2D eigenvalue weighted by atomic mass is 16.6. The zero-order valence-electron chi connectivity index (χ0n) is 26.4. The summed E-state index contributed by atoms with van der Waals surface area (Å²) >= 11 is 0. The molecule has 0 saturated carbocycles. The molecule has 0 radical (unpaired) electrons. The van der Waals surface area contributed by atoms with Crippen LogP contribution in [0.2, 0.25) is 0 Å². The van der Waals surface area contributed by atoms with Crippen LogP contribution in [0.15, 0.2) is 58.6 Å². The molecule has 2 rings (SSSR count). The minimum Gasteiger partial charge on any atom is -0.492 e. The number of ketones is 2. The molecule has 1 heterocycles. The van der Waals surface area contributed by atoms with Crippen LogP contribution in [-0.4, -0.2) is 85.5 Å². The van der Waals surface area contributed by atoms with Crippen LogP contribution in [0.3, 0.4) is 0 Å². The number of carbonyl (C=O) groups excluding carboxylic acids is 4. The van der Waals surface area contributed by atoms with Gasteiger partial charge in [0.25, 0.3) is 11.9 Å². The lowest BCUT2D eigenvalue weighted by Crippen LogP contribution is -2.37. The Bertz CT molecular complexity index is 1240. The number of amides is 2. The van der Waals surface area contributed by atoms with Crippen LogP contribution < -0.4 is 11.1 Å². The van der Waals surface area contributed by atoms with E-state index in [2.05, 4.69) is 5.32 Å². The van der Waals surface area contributed by atoms with E-state index < -0.39 is 59.9 Å². The second-order valence-corrected chi connectivity index (χ2v) is 10.6. The number of ether oxygens (including phenoxy) is 4. The number of carbonyl (C=O) groups is 5. The molecule has 13 heteroatoms. The Kier molecular flexibility index (Phi) is 15.4. The fourth-order valence-electron chi connectivity index (χ4n) is 4.78. The summed E-state index contributed by atoms with van der Waals surface area (Å²) in [4.78, 5) is 59.6. The molecule has 2 bridgehead atoms. The lowest BCUT2D eigenvalue weighted by Gasteiger charge is -2.29. The Morgan fingerprint density at radius 1 is 1.07 bits per heavy atom. The van der Waals surface area contributed by atoms with E-state index in [9.17, 15) is 24.3 Å². The standard InChI is InChI=1S/C29H40N2O9.C2H4O2/c1-15-11-19-25(34)20(14-21(32)27(19)39-7)31-28(35)16(2)9-8-10-22(37-5)26(40-29(30)36)18(4)13-17(3)24(33)23(12-15)38-6;1-2(3)4/h8-10,13-15,17,22-24,26,33H,11-12H2,1-7H3,(H2,30,36)(H,31,35);1H3,(H,3,4)/b10-8-,16-9+,18-13+;/t15-,17+,22+,23+,24-,26+;/m1./s1.